The normalized spacial score (nSPS) is 10.1. The van der Waals surface area contributed by atoms with Crippen LogP contribution in [0.2, 0.25) is 0 Å². The van der Waals surface area contributed by atoms with Crippen molar-refractivity contribution >= 4 is 86.3 Å². The Morgan fingerprint density at radius 3 is 1.21 bits per heavy atom. The molecule has 0 radical (unpaired) electrons. The molecule has 0 saturated carbocycles. The molecule has 20 nitrogen and oxygen atoms in total. The van der Waals surface area contributed by atoms with Gasteiger partial charge in [0.05, 0.1) is 38.5 Å². The smallest absolute Gasteiger partial charge is 0.305 e. The van der Waals surface area contributed by atoms with Crippen molar-refractivity contribution in [3.8, 4) is 0 Å². The lowest BCUT2D eigenvalue weighted by Gasteiger charge is -2.07. The van der Waals surface area contributed by atoms with E-state index in [2.05, 4.69) is 30.9 Å². The number of Topliss-reactive ketones (excluding diaryl/α,β-unsaturated/α-hetero) is 2. The Bertz CT molecular complexity index is 3010. The van der Waals surface area contributed by atoms with Gasteiger partial charge in [0.25, 0.3) is 5.24 Å². The van der Waals surface area contributed by atoms with Crippen LogP contribution in [-0.4, -0.2) is 59.3 Å². The molecule has 27 heteroatoms. The third-order valence-corrected chi connectivity index (χ3v) is 8.68. The largest absolute Gasteiger partial charge is 0.397 e. The van der Waals surface area contributed by atoms with Gasteiger partial charge in [0, 0.05) is 58.1 Å². The number of nitrogens with one attached hydrogen (secondary N) is 3. The molecule has 0 bridgehead atoms. The van der Waals surface area contributed by atoms with Crippen LogP contribution in [0.4, 0.5) is 66.5 Å². The molecule has 0 aliphatic rings. The predicted molar refractivity (Wildman–Crippen MR) is 243 cm³/mol. The molecule has 0 aliphatic carbocycles. The lowest BCUT2D eigenvalue weighted by atomic mass is 10.0. The minimum absolute atomic E-state index is 0.137. The van der Waals surface area contributed by atoms with Crippen molar-refractivity contribution in [1.82, 2.24) is 15.0 Å². The van der Waals surface area contributed by atoms with E-state index in [-0.39, 0.29) is 35.6 Å². The number of anilines is 5. The van der Waals surface area contributed by atoms with Crippen LogP contribution in [0.25, 0.3) is 0 Å². The molecule has 0 fully saturated rings. The minimum atomic E-state index is -1.56. The number of rotatable bonds is 12. The highest BCUT2D eigenvalue weighted by Gasteiger charge is 2.27. The monoisotopic (exact) mass is 1010 g/mol. The second-order valence-corrected chi connectivity index (χ2v) is 14.3. The second-order valence-electron chi connectivity index (χ2n) is 13.9. The van der Waals surface area contributed by atoms with Gasteiger partial charge in [-0.2, -0.15) is 8.78 Å². The predicted octanol–water partition coefficient (Wildman–Crippen LogP) is 7.85. The van der Waals surface area contributed by atoms with Gasteiger partial charge in [-0.15, -0.1) is 0 Å². The van der Waals surface area contributed by atoms with Gasteiger partial charge in [-0.3, -0.25) is 49.0 Å². The van der Waals surface area contributed by atoms with Crippen LogP contribution in [0.1, 0.15) is 63.0 Å². The summed E-state index contributed by atoms with van der Waals surface area (Å²) in [6, 6.07) is 13.8. The summed E-state index contributed by atoms with van der Waals surface area (Å²) < 4.78 is 80.9. The molecular formula is C44H35ClF6N10O10. The summed E-state index contributed by atoms with van der Waals surface area (Å²) in [4.78, 5) is 97.4. The van der Waals surface area contributed by atoms with Gasteiger partial charge in [0.1, 0.15) is 40.5 Å². The number of pyridine rings is 3. The zero-order valence-corrected chi connectivity index (χ0v) is 37.4. The van der Waals surface area contributed by atoms with Crippen molar-refractivity contribution < 1.29 is 65.0 Å². The van der Waals surface area contributed by atoms with E-state index in [0.29, 0.717) is 52.7 Å². The number of aromatic nitrogens is 3. The number of carbonyl (C=O) groups is 6. The molecule has 3 aromatic heterocycles. The lowest BCUT2D eigenvalue weighted by Crippen LogP contribution is -2.12. The number of nitro groups is 2. The van der Waals surface area contributed by atoms with Crippen molar-refractivity contribution in [2.24, 2.45) is 0 Å². The van der Waals surface area contributed by atoms with Crippen LogP contribution >= 0.6 is 11.6 Å². The van der Waals surface area contributed by atoms with E-state index in [9.17, 15) is 75.3 Å². The number of hydrogen-bond donors (Lipinski definition) is 5. The van der Waals surface area contributed by atoms with E-state index >= 15 is 0 Å². The average Bonchev–Trinajstić information content (AvgIpc) is 3.27. The fourth-order valence-corrected chi connectivity index (χ4v) is 5.57. The first kappa shape index (κ1) is 56.1. The summed E-state index contributed by atoms with van der Waals surface area (Å²) in [7, 11) is 0. The van der Waals surface area contributed by atoms with Gasteiger partial charge in [-0.1, -0.05) is 12.1 Å². The van der Waals surface area contributed by atoms with Crippen LogP contribution in [-0.2, 0) is 27.2 Å². The number of nitrogen functional groups attached to an aromatic ring is 2. The first-order valence-electron chi connectivity index (χ1n) is 19.5. The Morgan fingerprint density at radius 1 is 0.521 bits per heavy atom. The highest BCUT2D eigenvalue weighted by atomic mass is 35.5. The number of amides is 3. The summed E-state index contributed by atoms with van der Waals surface area (Å²) >= 11 is 4.85. The SMILES string of the molecule is CC(=O)Nc1ccc(CC(=O)c2c(F)ccc(N)c2F)cn1.CC(=O)Nc1ccc(CC(=O)c2c(F)ccc([N+](=O)[O-])c2F)cn1.CC(=O)Nc1ccc(N)cn1.O=C(Cl)c1c(F)ccc([N+](=O)[O-])c1F. The van der Waals surface area contributed by atoms with Crippen LogP contribution in [0.15, 0.2) is 91.4 Å². The number of nitrogens with zero attached hydrogens (tertiary/aromatic N) is 5. The highest BCUT2D eigenvalue weighted by molar-refractivity contribution is 6.67. The van der Waals surface area contributed by atoms with Crippen molar-refractivity contribution in [2.75, 3.05) is 27.4 Å². The van der Waals surface area contributed by atoms with E-state index in [0.717, 1.165) is 12.1 Å². The van der Waals surface area contributed by atoms with E-state index in [1.54, 1.807) is 12.1 Å². The number of carbonyl (C=O) groups excluding carboxylic acids is 6. The van der Waals surface area contributed by atoms with Crippen molar-refractivity contribution in [2.45, 2.75) is 33.6 Å². The van der Waals surface area contributed by atoms with Crippen molar-refractivity contribution in [3.63, 3.8) is 0 Å². The molecule has 0 atom stereocenters. The standard InChI is InChI=1S/C15H11F2N3O4.C15H13F2N3O2.C7H2ClF2NO3.C7H9N3O/c1-8(21)19-13-5-2-9(7-18-13)6-12(22)14-10(16)3-4-11(15(14)17)20(23)24;1-8(21)20-13-5-2-9(7-19-13)6-12(22)14-10(16)3-4-11(18)15(14)17;8-7(12)5-3(9)1-2-4(6(5)10)11(13)14;1-5(11)10-7-3-2-6(8)4-9-7/h2-5,7H,6H2,1H3,(H,18,19,21);2-5,7H,6,18H2,1H3,(H,19,20,21);1-2H;2-4H,8H2,1H3,(H,9,10,11). The maximum atomic E-state index is 14.0. The molecule has 0 aliphatic heterocycles. The topological polar surface area (TPSA) is 315 Å². The van der Waals surface area contributed by atoms with Gasteiger partial charge >= 0.3 is 11.4 Å². The molecular weight excluding hydrogens is 978 g/mol. The van der Waals surface area contributed by atoms with Crippen molar-refractivity contribution in [1.29, 1.82) is 0 Å². The third-order valence-electron chi connectivity index (χ3n) is 8.49. The van der Waals surface area contributed by atoms with E-state index in [1.165, 1.54) is 63.6 Å². The molecule has 6 aromatic rings. The minimum Gasteiger partial charge on any atom is -0.397 e. The second kappa shape index (κ2) is 25.8. The summed E-state index contributed by atoms with van der Waals surface area (Å²) in [5.74, 6) is -8.83. The fourth-order valence-electron chi connectivity index (χ4n) is 5.40. The molecule has 6 rings (SSSR count). The zero-order valence-electron chi connectivity index (χ0n) is 36.7. The Kier molecular flexibility index (Phi) is 20.4. The lowest BCUT2D eigenvalue weighted by molar-refractivity contribution is -0.387. The highest BCUT2D eigenvalue weighted by Crippen LogP contribution is 2.26. The molecule has 7 N–H and O–H groups in total. The molecule has 3 heterocycles. The van der Waals surface area contributed by atoms with Crippen LogP contribution in [0, 0.1) is 55.1 Å². The van der Waals surface area contributed by atoms with Crippen LogP contribution < -0.4 is 27.4 Å². The van der Waals surface area contributed by atoms with Gasteiger partial charge in [-0.25, -0.2) is 32.5 Å². The molecule has 0 spiro atoms. The summed E-state index contributed by atoms with van der Waals surface area (Å²) in [6.45, 7) is 4.06. The first-order valence-corrected chi connectivity index (χ1v) is 19.9. The van der Waals surface area contributed by atoms with Crippen LogP contribution in [0.3, 0.4) is 0 Å². The number of ketones is 2. The van der Waals surface area contributed by atoms with Crippen LogP contribution in [0.5, 0.6) is 0 Å². The number of halogens is 7. The quantitative estimate of drug-likeness (QED) is 0.0195. The zero-order chi connectivity index (χ0) is 53.3. The van der Waals surface area contributed by atoms with Gasteiger partial charge in [-0.05, 0) is 71.3 Å². The van der Waals surface area contributed by atoms with E-state index in [4.69, 9.17) is 23.1 Å². The number of benzene rings is 3. The summed E-state index contributed by atoms with van der Waals surface area (Å²) in [5, 5.41) is 26.9. The summed E-state index contributed by atoms with van der Waals surface area (Å²) in [6.07, 6.45) is 3.47. The fraction of sp³-hybridized carbons (Fsp3) is 0.114. The summed E-state index contributed by atoms with van der Waals surface area (Å²) in [5.41, 5.74) is 7.11. The van der Waals surface area contributed by atoms with Gasteiger partial charge in [0.2, 0.25) is 29.4 Å². The number of hydrogen-bond acceptors (Lipinski definition) is 15. The Labute approximate surface area is 400 Å². The molecule has 0 unspecified atom stereocenters. The molecule has 0 saturated heterocycles. The number of nitro benzene ring substituents is 2. The average molecular weight is 1010 g/mol. The van der Waals surface area contributed by atoms with Crippen molar-refractivity contribution in [3.05, 3.63) is 174 Å². The third kappa shape index (κ3) is 16.8. The Hall–Kier alpha value is -9.20. The number of nitrogens with two attached hydrogens (primary N) is 2. The molecule has 3 amide bonds. The maximum Gasteiger partial charge on any atom is 0.305 e. The molecule has 3 aromatic carbocycles. The van der Waals surface area contributed by atoms with Gasteiger partial charge in [0.15, 0.2) is 17.4 Å². The Balaban J connectivity index is 0.000000261. The maximum absolute atomic E-state index is 14.0. The Morgan fingerprint density at radius 2 is 0.873 bits per heavy atom. The molecule has 370 valence electrons. The van der Waals surface area contributed by atoms with Gasteiger partial charge < -0.3 is 27.4 Å². The van der Waals surface area contributed by atoms with E-state index < -0.39 is 96.0 Å². The first-order chi connectivity index (χ1) is 33.3. The van der Waals surface area contributed by atoms with E-state index in [1.807, 2.05) is 0 Å². The molecule has 71 heavy (non-hydrogen) atoms.